The second-order valence-electron chi connectivity index (χ2n) is 8.75. The predicted molar refractivity (Wildman–Crippen MR) is 151 cm³/mol. The first-order valence-corrected chi connectivity index (χ1v) is 13.2. The Morgan fingerprint density at radius 3 is 2.56 bits per heavy atom. The molecule has 0 aliphatic carbocycles. The van der Waals surface area contributed by atoms with E-state index in [4.69, 9.17) is 27.9 Å². The number of hydrogen-bond acceptors (Lipinski definition) is 8. The van der Waals surface area contributed by atoms with Gasteiger partial charge in [-0.15, -0.1) is 0 Å². The molecule has 3 N–H and O–H groups in total. The minimum absolute atomic E-state index is 0.0827. The standard InChI is InChI=1S/C28H24Cl2FN5O5/c1-2-40-28(39)34-26(37)17(14-32)15-33-35-18-12-21(29)25(22(30)13-18)41-19-7-8-20-16(11-19)9-10-36(27(20)38)24-6-4-3-5-23(24)31/h3-8,11-13,17,33,35H,2,9-10,15H2,1H3,(H,34,37,39). The van der Waals surface area contributed by atoms with Crippen LogP contribution in [-0.2, 0) is 16.0 Å². The van der Waals surface area contributed by atoms with Crippen molar-refractivity contribution < 1.29 is 28.2 Å². The number of carbonyl (C=O) groups is 3. The third kappa shape index (κ3) is 7.05. The number of para-hydroxylation sites is 1. The van der Waals surface area contributed by atoms with Gasteiger partial charge in [-0.2, -0.15) is 5.26 Å². The number of benzene rings is 3. The summed E-state index contributed by atoms with van der Waals surface area (Å²) in [7, 11) is 0. The molecule has 0 radical (unpaired) electrons. The highest BCUT2D eigenvalue weighted by molar-refractivity contribution is 6.37. The first-order valence-electron chi connectivity index (χ1n) is 12.4. The SMILES string of the molecule is CCOC(=O)NC(=O)C(C#N)CNNc1cc(Cl)c(Oc2ccc3c(c2)CCN(c2ccccc2F)C3=O)c(Cl)c1. The van der Waals surface area contributed by atoms with Crippen molar-refractivity contribution in [2.45, 2.75) is 13.3 Å². The number of halogens is 3. The molecule has 0 aromatic heterocycles. The van der Waals surface area contributed by atoms with Crippen LogP contribution in [0.5, 0.6) is 11.5 Å². The quantitative estimate of drug-likeness (QED) is 0.276. The molecule has 3 aromatic rings. The Kier molecular flexibility index (Phi) is 9.62. The Bertz CT molecular complexity index is 1510. The molecule has 0 fully saturated rings. The summed E-state index contributed by atoms with van der Waals surface area (Å²) in [4.78, 5) is 37.9. The second kappa shape index (κ2) is 13.3. The zero-order valence-electron chi connectivity index (χ0n) is 21.7. The summed E-state index contributed by atoms with van der Waals surface area (Å²) in [6.07, 6.45) is -0.445. The van der Waals surface area contributed by atoms with Crippen molar-refractivity contribution in [1.82, 2.24) is 10.7 Å². The number of rotatable bonds is 9. The molecule has 41 heavy (non-hydrogen) atoms. The molecular weight excluding hydrogens is 576 g/mol. The second-order valence-corrected chi connectivity index (χ2v) is 9.56. The lowest BCUT2D eigenvalue weighted by molar-refractivity contribution is -0.122. The molecule has 4 rings (SSSR count). The van der Waals surface area contributed by atoms with E-state index in [1.165, 1.54) is 23.1 Å². The summed E-state index contributed by atoms with van der Waals surface area (Å²) >= 11 is 12.8. The summed E-state index contributed by atoms with van der Waals surface area (Å²) in [5.74, 6) is -2.19. The molecule has 1 heterocycles. The Morgan fingerprint density at radius 2 is 1.88 bits per heavy atom. The van der Waals surface area contributed by atoms with Crippen molar-refractivity contribution in [3.05, 3.63) is 81.6 Å². The fourth-order valence-corrected chi connectivity index (χ4v) is 4.65. The van der Waals surface area contributed by atoms with E-state index in [1.54, 1.807) is 49.4 Å². The molecule has 1 unspecified atom stereocenters. The van der Waals surface area contributed by atoms with E-state index in [1.807, 2.05) is 5.32 Å². The highest BCUT2D eigenvalue weighted by Crippen LogP contribution is 2.39. The van der Waals surface area contributed by atoms with E-state index in [0.717, 1.165) is 5.56 Å². The third-order valence-electron chi connectivity index (χ3n) is 6.03. The van der Waals surface area contributed by atoms with Gasteiger partial charge >= 0.3 is 6.09 Å². The molecule has 0 bridgehead atoms. The Labute approximate surface area is 244 Å². The van der Waals surface area contributed by atoms with Gasteiger partial charge in [0.05, 0.1) is 34.1 Å². The number of carbonyl (C=O) groups excluding carboxylic acids is 3. The van der Waals surface area contributed by atoms with Crippen molar-refractivity contribution in [2.24, 2.45) is 5.92 Å². The van der Waals surface area contributed by atoms with Crippen LogP contribution < -0.4 is 25.8 Å². The number of ether oxygens (including phenoxy) is 2. The average molecular weight is 600 g/mol. The summed E-state index contributed by atoms with van der Waals surface area (Å²) in [5, 5.41) is 11.5. The number of imide groups is 1. The largest absolute Gasteiger partial charge is 0.454 e. The van der Waals surface area contributed by atoms with Gasteiger partial charge in [-0.25, -0.2) is 14.6 Å². The number of hydrazine groups is 1. The summed E-state index contributed by atoms with van der Waals surface area (Å²) in [6, 6.07) is 15.9. The van der Waals surface area contributed by atoms with Gasteiger partial charge in [0, 0.05) is 18.7 Å². The number of fused-ring (bicyclic) bond motifs is 1. The van der Waals surface area contributed by atoms with Gasteiger partial charge in [-0.3, -0.25) is 14.9 Å². The first kappa shape index (κ1) is 29.6. The molecule has 1 aliphatic heterocycles. The monoisotopic (exact) mass is 599 g/mol. The summed E-state index contributed by atoms with van der Waals surface area (Å²) in [6.45, 7) is 1.83. The number of amides is 3. The van der Waals surface area contributed by atoms with Crippen molar-refractivity contribution in [2.75, 3.05) is 30.0 Å². The zero-order chi connectivity index (χ0) is 29.5. The van der Waals surface area contributed by atoms with E-state index in [2.05, 4.69) is 15.6 Å². The lowest BCUT2D eigenvalue weighted by atomic mass is 9.98. The van der Waals surface area contributed by atoms with Gasteiger partial charge in [0.1, 0.15) is 17.5 Å². The maximum absolute atomic E-state index is 14.3. The van der Waals surface area contributed by atoms with Gasteiger partial charge in [-0.1, -0.05) is 35.3 Å². The van der Waals surface area contributed by atoms with Crippen molar-refractivity contribution in [3.8, 4) is 17.6 Å². The predicted octanol–water partition coefficient (Wildman–Crippen LogP) is 5.46. The van der Waals surface area contributed by atoms with Crippen molar-refractivity contribution in [3.63, 3.8) is 0 Å². The number of alkyl carbamates (subject to hydrolysis) is 1. The van der Waals surface area contributed by atoms with Crippen LogP contribution in [0.4, 0.5) is 20.6 Å². The lowest BCUT2D eigenvalue weighted by Crippen LogP contribution is -2.40. The molecule has 0 saturated heterocycles. The number of hydrogen-bond donors (Lipinski definition) is 3. The summed E-state index contributed by atoms with van der Waals surface area (Å²) < 4.78 is 24.8. The first-order chi connectivity index (χ1) is 19.7. The molecule has 3 aromatic carbocycles. The Hall–Kier alpha value is -4.37. The lowest BCUT2D eigenvalue weighted by Gasteiger charge is -2.29. The summed E-state index contributed by atoms with van der Waals surface area (Å²) in [5.41, 5.74) is 7.34. The molecule has 212 valence electrons. The highest BCUT2D eigenvalue weighted by Gasteiger charge is 2.28. The van der Waals surface area contributed by atoms with Crippen LogP contribution >= 0.6 is 23.2 Å². The molecule has 10 nitrogen and oxygen atoms in total. The number of nitrogens with zero attached hydrogens (tertiary/aromatic N) is 2. The third-order valence-corrected chi connectivity index (χ3v) is 6.59. The molecule has 0 spiro atoms. The van der Waals surface area contributed by atoms with Crippen molar-refractivity contribution >= 4 is 52.5 Å². The minimum Gasteiger partial charge on any atom is -0.454 e. The van der Waals surface area contributed by atoms with Gasteiger partial charge in [0.15, 0.2) is 5.75 Å². The highest BCUT2D eigenvalue weighted by atomic mass is 35.5. The van der Waals surface area contributed by atoms with E-state index < -0.39 is 23.7 Å². The minimum atomic E-state index is -1.19. The van der Waals surface area contributed by atoms with E-state index in [-0.39, 0.29) is 40.5 Å². The molecule has 3 amide bonds. The Morgan fingerprint density at radius 1 is 1.15 bits per heavy atom. The number of anilines is 2. The van der Waals surface area contributed by atoms with Crippen LogP contribution in [0.2, 0.25) is 10.0 Å². The van der Waals surface area contributed by atoms with E-state index >= 15 is 0 Å². The van der Waals surface area contributed by atoms with E-state index in [9.17, 15) is 24.0 Å². The molecular formula is C28H24Cl2FN5O5. The van der Waals surface area contributed by atoms with Gasteiger partial charge in [0.2, 0.25) is 5.91 Å². The van der Waals surface area contributed by atoms with Crippen molar-refractivity contribution in [1.29, 1.82) is 5.26 Å². The molecule has 1 atom stereocenters. The fraction of sp³-hybridized carbons (Fsp3) is 0.214. The Balaban J connectivity index is 1.39. The van der Waals surface area contributed by atoms with E-state index in [0.29, 0.717) is 30.0 Å². The van der Waals surface area contributed by atoms with Crippen LogP contribution in [0.3, 0.4) is 0 Å². The van der Waals surface area contributed by atoms with Crippen LogP contribution in [0.25, 0.3) is 0 Å². The maximum Gasteiger partial charge on any atom is 0.413 e. The van der Waals surface area contributed by atoms with Crippen LogP contribution in [0.1, 0.15) is 22.8 Å². The normalized spacial score (nSPS) is 13.0. The smallest absolute Gasteiger partial charge is 0.413 e. The number of nitriles is 1. The molecule has 13 heteroatoms. The van der Waals surface area contributed by atoms with Gasteiger partial charge in [0.25, 0.3) is 5.91 Å². The van der Waals surface area contributed by atoms with Gasteiger partial charge < -0.3 is 19.8 Å². The average Bonchev–Trinajstić information content (AvgIpc) is 2.94. The molecule has 1 aliphatic rings. The van der Waals surface area contributed by atoms with Crippen LogP contribution in [0, 0.1) is 23.1 Å². The molecule has 0 saturated carbocycles. The maximum atomic E-state index is 14.3. The number of nitrogens with one attached hydrogen (secondary N) is 3. The van der Waals surface area contributed by atoms with Gasteiger partial charge in [-0.05, 0) is 61.4 Å². The topological polar surface area (TPSA) is 133 Å². The zero-order valence-corrected chi connectivity index (χ0v) is 23.2. The van der Waals surface area contributed by atoms with Crippen LogP contribution in [-0.4, -0.2) is 37.6 Å². The van der Waals surface area contributed by atoms with Crippen LogP contribution in [0.15, 0.2) is 54.6 Å². The fourth-order valence-electron chi connectivity index (χ4n) is 4.08.